The average molecular weight is 520 g/mol. The number of imidazole rings is 1. The van der Waals surface area contributed by atoms with Crippen molar-refractivity contribution in [3.05, 3.63) is 103 Å². The first-order valence-corrected chi connectivity index (χ1v) is 12.7. The SMILES string of the molecule is C=C/C(=C\C(=C/C)c1cc2c(-c3nc4c(-c5cc(C)cc(F)c5)nccc4[nH]3)n[nH]c2cn1)NC(=C)C(C)C. The number of allylic oxidation sites excluding steroid dienone is 5. The Bertz CT molecular complexity index is 1770. The number of hydrogen-bond acceptors (Lipinski definition) is 5. The lowest BCUT2D eigenvalue weighted by Crippen LogP contribution is -2.14. The fourth-order valence-corrected chi connectivity index (χ4v) is 4.34. The molecular formula is C31H30FN7. The van der Waals surface area contributed by atoms with Crippen LogP contribution in [0.5, 0.6) is 0 Å². The largest absolute Gasteiger partial charge is 0.359 e. The first-order valence-electron chi connectivity index (χ1n) is 12.7. The number of aryl methyl sites for hydroxylation is 1. The van der Waals surface area contributed by atoms with Crippen molar-refractivity contribution < 1.29 is 4.39 Å². The van der Waals surface area contributed by atoms with Crippen LogP contribution in [0.2, 0.25) is 0 Å². The van der Waals surface area contributed by atoms with Gasteiger partial charge in [-0.05, 0) is 73.4 Å². The molecule has 0 bridgehead atoms. The molecule has 1 aromatic carbocycles. The molecule has 3 N–H and O–H groups in total. The van der Waals surface area contributed by atoms with Gasteiger partial charge in [-0.2, -0.15) is 5.10 Å². The number of pyridine rings is 2. The van der Waals surface area contributed by atoms with Gasteiger partial charge < -0.3 is 10.3 Å². The second kappa shape index (κ2) is 10.5. The summed E-state index contributed by atoms with van der Waals surface area (Å²) in [6, 6.07) is 8.70. The van der Waals surface area contributed by atoms with E-state index in [1.165, 1.54) is 12.1 Å². The minimum Gasteiger partial charge on any atom is -0.359 e. The molecule has 0 amide bonds. The van der Waals surface area contributed by atoms with Crippen molar-refractivity contribution in [2.75, 3.05) is 0 Å². The molecule has 5 rings (SSSR count). The Morgan fingerprint density at radius 2 is 1.92 bits per heavy atom. The van der Waals surface area contributed by atoms with E-state index in [1.54, 1.807) is 18.5 Å². The molecule has 0 aliphatic rings. The number of nitrogens with zero attached hydrogens (tertiary/aromatic N) is 4. The number of rotatable bonds is 8. The Labute approximate surface area is 226 Å². The van der Waals surface area contributed by atoms with E-state index >= 15 is 0 Å². The fourth-order valence-electron chi connectivity index (χ4n) is 4.34. The number of nitrogens with one attached hydrogen (secondary N) is 3. The number of hydrogen-bond donors (Lipinski definition) is 3. The quantitative estimate of drug-likeness (QED) is 0.188. The Morgan fingerprint density at radius 3 is 2.64 bits per heavy atom. The van der Waals surface area contributed by atoms with Gasteiger partial charge in [0.25, 0.3) is 0 Å². The Kier molecular flexibility index (Phi) is 6.94. The Hall–Kier alpha value is -4.85. The molecule has 0 spiro atoms. The van der Waals surface area contributed by atoms with Crippen LogP contribution in [0.25, 0.3) is 50.3 Å². The summed E-state index contributed by atoms with van der Waals surface area (Å²) in [5.74, 6) is 0.555. The lowest BCUT2D eigenvalue weighted by Gasteiger charge is -2.14. The molecule has 0 atom stereocenters. The van der Waals surface area contributed by atoms with Gasteiger partial charge in [0, 0.05) is 28.5 Å². The molecule has 0 aliphatic heterocycles. The van der Waals surface area contributed by atoms with Gasteiger partial charge >= 0.3 is 0 Å². The molecule has 0 saturated heterocycles. The van der Waals surface area contributed by atoms with Gasteiger partial charge in [0.2, 0.25) is 0 Å². The number of H-pyrrole nitrogens is 2. The summed E-state index contributed by atoms with van der Waals surface area (Å²) in [5.41, 5.74) is 8.39. The average Bonchev–Trinajstić information content (AvgIpc) is 3.53. The smallest absolute Gasteiger partial charge is 0.159 e. The summed E-state index contributed by atoms with van der Waals surface area (Å²) in [5, 5.41) is 11.8. The van der Waals surface area contributed by atoms with Crippen molar-refractivity contribution in [2.24, 2.45) is 5.92 Å². The molecule has 0 saturated carbocycles. The lowest BCUT2D eigenvalue weighted by molar-refractivity contribution is 0.627. The Balaban J connectivity index is 1.57. The van der Waals surface area contributed by atoms with Crippen LogP contribution in [0.4, 0.5) is 4.39 Å². The summed E-state index contributed by atoms with van der Waals surface area (Å²) >= 11 is 0. The zero-order chi connectivity index (χ0) is 27.7. The van der Waals surface area contributed by atoms with Crippen molar-refractivity contribution in [1.82, 2.24) is 35.5 Å². The van der Waals surface area contributed by atoms with Gasteiger partial charge in [-0.3, -0.25) is 15.1 Å². The number of halogens is 1. The molecule has 196 valence electrons. The molecule has 0 unspecified atom stereocenters. The highest BCUT2D eigenvalue weighted by Crippen LogP contribution is 2.32. The fraction of sp³-hybridized carbons (Fsp3) is 0.161. The predicted octanol–water partition coefficient (Wildman–Crippen LogP) is 7.24. The molecule has 8 heteroatoms. The molecule has 39 heavy (non-hydrogen) atoms. The first-order chi connectivity index (χ1) is 18.8. The molecular weight excluding hydrogens is 489 g/mol. The van der Waals surface area contributed by atoms with Crippen molar-refractivity contribution in [3.8, 4) is 22.8 Å². The van der Waals surface area contributed by atoms with Crippen LogP contribution in [0.1, 0.15) is 32.0 Å². The van der Waals surface area contributed by atoms with E-state index in [2.05, 4.69) is 57.5 Å². The maximum Gasteiger partial charge on any atom is 0.159 e. The van der Waals surface area contributed by atoms with E-state index in [4.69, 9.17) is 4.98 Å². The number of benzene rings is 1. The molecule has 0 aliphatic carbocycles. The number of aromatic nitrogens is 6. The second-order valence-corrected chi connectivity index (χ2v) is 9.70. The van der Waals surface area contributed by atoms with Gasteiger partial charge in [0.1, 0.15) is 17.0 Å². The van der Waals surface area contributed by atoms with E-state index in [9.17, 15) is 4.39 Å². The van der Waals surface area contributed by atoms with Gasteiger partial charge in [0.15, 0.2) is 5.82 Å². The van der Waals surface area contributed by atoms with E-state index in [0.29, 0.717) is 28.3 Å². The van der Waals surface area contributed by atoms with Crippen LogP contribution in [0, 0.1) is 18.7 Å². The third-order valence-corrected chi connectivity index (χ3v) is 6.53. The molecule has 4 aromatic heterocycles. The normalized spacial score (nSPS) is 12.5. The van der Waals surface area contributed by atoms with Crippen molar-refractivity contribution >= 4 is 27.5 Å². The van der Waals surface area contributed by atoms with E-state index in [0.717, 1.165) is 44.6 Å². The second-order valence-electron chi connectivity index (χ2n) is 9.70. The van der Waals surface area contributed by atoms with Gasteiger partial charge in [-0.15, -0.1) is 0 Å². The third kappa shape index (κ3) is 5.13. The van der Waals surface area contributed by atoms with E-state index in [-0.39, 0.29) is 11.7 Å². The molecule has 5 aromatic rings. The minimum atomic E-state index is -0.310. The third-order valence-electron chi connectivity index (χ3n) is 6.53. The predicted molar refractivity (Wildman–Crippen MR) is 156 cm³/mol. The topological polar surface area (TPSA) is 95.2 Å². The lowest BCUT2D eigenvalue weighted by atomic mass is 10.1. The van der Waals surface area contributed by atoms with Crippen LogP contribution in [0.3, 0.4) is 0 Å². The standard InChI is InChI=1S/C31H30FN7/c1-7-20(14-23(8-2)35-19(6)17(3)4)26-15-24-27(16-34-26)38-39-29(24)31-36-25-9-10-33-28(30(25)37-31)21-11-18(5)12-22(32)13-21/h7-17,35H,2,6H2,1,3-5H3,(H,36,37)(H,38,39)/b20-7+,23-14+. The summed E-state index contributed by atoms with van der Waals surface area (Å²) in [6.45, 7) is 16.0. The van der Waals surface area contributed by atoms with Crippen LogP contribution in [-0.4, -0.2) is 30.1 Å². The molecule has 7 nitrogen and oxygen atoms in total. The van der Waals surface area contributed by atoms with Crippen LogP contribution in [0.15, 0.2) is 85.5 Å². The van der Waals surface area contributed by atoms with Crippen molar-refractivity contribution in [3.63, 3.8) is 0 Å². The van der Waals surface area contributed by atoms with Crippen LogP contribution >= 0.6 is 0 Å². The summed E-state index contributed by atoms with van der Waals surface area (Å²) in [7, 11) is 0. The molecule has 0 radical (unpaired) electrons. The monoisotopic (exact) mass is 519 g/mol. The highest BCUT2D eigenvalue weighted by molar-refractivity contribution is 5.96. The summed E-state index contributed by atoms with van der Waals surface area (Å²) in [6.07, 6.45) is 9.21. The van der Waals surface area contributed by atoms with Crippen LogP contribution < -0.4 is 5.32 Å². The van der Waals surface area contributed by atoms with Crippen molar-refractivity contribution in [2.45, 2.75) is 27.7 Å². The van der Waals surface area contributed by atoms with E-state index < -0.39 is 0 Å². The molecule has 4 heterocycles. The number of aromatic amines is 2. The van der Waals surface area contributed by atoms with Gasteiger partial charge in [-0.25, -0.2) is 9.37 Å². The summed E-state index contributed by atoms with van der Waals surface area (Å²) in [4.78, 5) is 17.4. The van der Waals surface area contributed by atoms with Crippen molar-refractivity contribution in [1.29, 1.82) is 0 Å². The molecule has 0 fully saturated rings. The zero-order valence-electron chi connectivity index (χ0n) is 22.4. The zero-order valence-corrected chi connectivity index (χ0v) is 22.4. The van der Waals surface area contributed by atoms with Gasteiger partial charge in [-0.1, -0.05) is 33.1 Å². The van der Waals surface area contributed by atoms with Gasteiger partial charge in [0.05, 0.1) is 28.6 Å². The number of fused-ring (bicyclic) bond motifs is 2. The summed E-state index contributed by atoms with van der Waals surface area (Å²) < 4.78 is 14.1. The highest BCUT2D eigenvalue weighted by atomic mass is 19.1. The minimum absolute atomic E-state index is 0.287. The maximum absolute atomic E-state index is 14.1. The van der Waals surface area contributed by atoms with Crippen LogP contribution in [-0.2, 0) is 0 Å². The maximum atomic E-state index is 14.1. The van der Waals surface area contributed by atoms with E-state index in [1.807, 2.05) is 44.2 Å². The first kappa shape index (κ1) is 25.8. The Morgan fingerprint density at radius 1 is 1.10 bits per heavy atom. The highest BCUT2D eigenvalue weighted by Gasteiger charge is 2.17.